The third-order valence-corrected chi connectivity index (χ3v) is 7.98. The summed E-state index contributed by atoms with van der Waals surface area (Å²) in [4.78, 5) is 14.6. The van der Waals surface area contributed by atoms with Gasteiger partial charge in [-0.05, 0) is 46.5 Å². The highest BCUT2D eigenvalue weighted by molar-refractivity contribution is 5.69. The minimum atomic E-state index is -0.309. The van der Waals surface area contributed by atoms with E-state index in [-0.39, 0.29) is 46.9 Å². The van der Waals surface area contributed by atoms with Crippen LogP contribution in [0.25, 0.3) is 0 Å². The lowest BCUT2D eigenvalue weighted by Crippen LogP contribution is -2.61. The molecular weight excluding hydrogens is 386 g/mol. The van der Waals surface area contributed by atoms with Crippen molar-refractivity contribution < 1.29 is 28.5 Å². The zero-order valence-electron chi connectivity index (χ0n) is 18.6. The fraction of sp³-hybridized carbons (Fsp3) is 0.870. The summed E-state index contributed by atoms with van der Waals surface area (Å²) < 4.78 is 29.7. The standard InChI is InChI=1S/C23H35NO6/c1-15(2)5-6-17-21(3,30-17)19-18(26-4)16(7-8-23(19)14-28-23)29-20(25)24-11-22(12-24)9-10-27-13-22/h5,16-19H,6-14H2,1-4H3/t16-,17-,18-,19-,21+,23+/m1/s1. The topological polar surface area (TPSA) is 73.1 Å². The van der Waals surface area contributed by atoms with Gasteiger partial charge >= 0.3 is 6.09 Å². The second kappa shape index (κ2) is 7.19. The predicted molar refractivity (Wildman–Crippen MR) is 109 cm³/mol. The van der Waals surface area contributed by atoms with Crippen molar-refractivity contribution in [1.29, 1.82) is 0 Å². The minimum absolute atomic E-state index is 0.0584. The molecule has 30 heavy (non-hydrogen) atoms. The minimum Gasteiger partial charge on any atom is -0.443 e. The number of rotatable bonds is 5. The lowest BCUT2D eigenvalue weighted by molar-refractivity contribution is -0.127. The molecule has 0 N–H and O–H groups in total. The Morgan fingerprint density at radius 3 is 2.60 bits per heavy atom. The van der Waals surface area contributed by atoms with E-state index in [2.05, 4.69) is 26.8 Å². The predicted octanol–water partition coefficient (Wildman–Crippen LogP) is 2.92. The third kappa shape index (κ3) is 3.38. The summed E-state index contributed by atoms with van der Waals surface area (Å²) in [6.07, 6.45) is 5.22. The SMILES string of the molecule is CO[C@@H]1[C@H](OC(=O)N2CC3(CCOC3)C2)CC[C@]2(CO2)[C@H]1[C@@]1(C)O[C@@H]1CC=C(C)C. The fourth-order valence-corrected chi connectivity index (χ4v) is 6.07. The summed E-state index contributed by atoms with van der Waals surface area (Å²) in [5.74, 6) is 0.0584. The summed E-state index contributed by atoms with van der Waals surface area (Å²) in [7, 11) is 1.71. The molecule has 0 bridgehead atoms. The molecule has 168 valence electrons. The van der Waals surface area contributed by atoms with Crippen molar-refractivity contribution in [2.75, 3.05) is 40.0 Å². The molecular formula is C23H35NO6. The van der Waals surface area contributed by atoms with Crippen LogP contribution >= 0.6 is 0 Å². The molecule has 7 nitrogen and oxygen atoms in total. The lowest BCUT2D eigenvalue weighted by Gasteiger charge is -2.48. The summed E-state index contributed by atoms with van der Waals surface area (Å²) >= 11 is 0. The summed E-state index contributed by atoms with van der Waals surface area (Å²) in [6.45, 7) is 10.1. The second-order valence-corrected chi connectivity index (χ2v) is 10.5. The van der Waals surface area contributed by atoms with Crippen LogP contribution < -0.4 is 0 Å². The average molecular weight is 422 g/mol. The van der Waals surface area contributed by atoms with Crippen molar-refractivity contribution in [3.05, 3.63) is 11.6 Å². The number of carbonyl (C=O) groups excluding carboxylic acids is 1. The largest absolute Gasteiger partial charge is 0.443 e. The maximum absolute atomic E-state index is 12.8. The van der Waals surface area contributed by atoms with Crippen molar-refractivity contribution in [1.82, 2.24) is 4.90 Å². The number of allylic oxidation sites excluding steroid dienone is 1. The van der Waals surface area contributed by atoms with E-state index in [1.807, 2.05) is 0 Å². The van der Waals surface area contributed by atoms with Gasteiger partial charge < -0.3 is 28.6 Å². The number of nitrogens with zero attached hydrogens (tertiary/aromatic N) is 1. The van der Waals surface area contributed by atoms with Crippen molar-refractivity contribution in [2.45, 2.75) is 76.0 Å². The summed E-state index contributed by atoms with van der Waals surface area (Å²) in [5, 5.41) is 0. The van der Waals surface area contributed by atoms with Crippen LogP contribution in [0.2, 0.25) is 0 Å². The van der Waals surface area contributed by atoms with Crippen LogP contribution in [-0.4, -0.2) is 80.5 Å². The van der Waals surface area contributed by atoms with Crippen molar-refractivity contribution >= 4 is 6.09 Å². The molecule has 5 aliphatic rings. The normalized spacial score (nSPS) is 43.4. The molecule has 1 saturated carbocycles. The molecule has 1 aliphatic carbocycles. The molecule has 5 fully saturated rings. The Morgan fingerprint density at radius 2 is 2.00 bits per heavy atom. The van der Waals surface area contributed by atoms with Gasteiger partial charge in [0.25, 0.3) is 0 Å². The Kier molecular flexibility index (Phi) is 4.97. The number of hydrogen-bond acceptors (Lipinski definition) is 6. The molecule has 2 spiro atoms. The molecule has 4 aliphatic heterocycles. The maximum Gasteiger partial charge on any atom is 0.410 e. The van der Waals surface area contributed by atoms with Gasteiger partial charge in [0.05, 0.1) is 25.2 Å². The van der Waals surface area contributed by atoms with Crippen molar-refractivity contribution in [3.8, 4) is 0 Å². The van der Waals surface area contributed by atoms with E-state index in [0.29, 0.717) is 0 Å². The van der Waals surface area contributed by atoms with Gasteiger partial charge in [0, 0.05) is 32.2 Å². The second-order valence-electron chi connectivity index (χ2n) is 10.5. The van der Waals surface area contributed by atoms with Crippen LogP contribution in [0.1, 0.15) is 46.5 Å². The first-order valence-corrected chi connectivity index (χ1v) is 11.3. The maximum atomic E-state index is 12.8. The lowest BCUT2D eigenvalue weighted by atomic mass is 9.68. The summed E-state index contributed by atoms with van der Waals surface area (Å²) in [5.41, 5.74) is 0.953. The molecule has 7 heteroatoms. The molecule has 0 aromatic rings. The quantitative estimate of drug-likeness (QED) is 0.502. The van der Waals surface area contributed by atoms with Crippen molar-refractivity contribution in [3.63, 3.8) is 0 Å². The number of methoxy groups -OCH3 is 1. The van der Waals surface area contributed by atoms with Gasteiger partial charge in [-0.15, -0.1) is 0 Å². The first kappa shape index (κ1) is 20.7. The Labute approximate surface area is 179 Å². The number of carbonyl (C=O) groups is 1. The fourth-order valence-electron chi connectivity index (χ4n) is 6.07. The van der Waals surface area contributed by atoms with E-state index in [9.17, 15) is 4.79 Å². The van der Waals surface area contributed by atoms with E-state index in [1.165, 1.54) is 5.57 Å². The molecule has 6 atom stereocenters. The monoisotopic (exact) mass is 421 g/mol. The average Bonchev–Trinajstić information content (AvgIpc) is 3.52. The van der Waals surface area contributed by atoms with E-state index >= 15 is 0 Å². The third-order valence-electron chi connectivity index (χ3n) is 7.98. The smallest absolute Gasteiger partial charge is 0.410 e. The first-order chi connectivity index (χ1) is 14.3. The van der Waals surface area contributed by atoms with Crippen LogP contribution in [0.5, 0.6) is 0 Å². The Balaban J connectivity index is 1.26. The van der Waals surface area contributed by atoms with E-state index in [0.717, 1.165) is 58.6 Å². The first-order valence-electron chi connectivity index (χ1n) is 11.3. The number of ether oxygens (including phenoxy) is 5. The van der Waals surface area contributed by atoms with Gasteiger partial charge in [-0.2, -0.15) is 0 Å². The molecule has 1 amide bonds. The molecule has 5 rings (SSSR count). The van der Waals surface area contributed by atoms with Gasteiger partial charge in [0.2, 0.25) is 0 Å². The van der Waals surface area contributed by atoms with E-state index < -0.39 is 0 Å². The highest BCUT2D eigenvalue weighted by Crippen LogP contribution is 2.59. The Morgan fingerprint density at radius 1 is 1.23 bits per heavy atom. The van der Waals surface area contributed by atoms with Crippen LogP contribution in [0.15, 0.2) is 11.6 Å². The number of epoxide rings is 2. The molecule has 4 saturated heterocycles. The van der Waals surface area contributed by atoms with Gasteiger partial charge in [-0.3, -0.25) is 0 Å². The van der Waals surface area contributed by atoms with E-state index in [1.54, 1.807) is 12.0 Å². The van der Waals surface area contributed by atoms with Crippen LogP contribution in [-0.2, 0) is 23.7 Å². The van der Waals surface area contributed by atoms with Crippen LogP contribution in [0.3, 0.4) is 0 Å². The number of amides is 1. The molecule has 4 heterocycles. The molecule has 0 unspecified atom stereocenters. The number of hydrogen-bond donors (Lipinski definition) is 0. The zero-order chi connectivity index (χ0) is 21.1. The summed E-state index contributed by atoms with van der Waals surface area (Å²) in [6, 6.07) is 0. The Hall–Kier alpha value is -1.15. The number of likely N-dealkylation sites (tertiary alicyclic amines) is 1. The highest BCUT2D eigenvalue weighted by atomic mass is 16.6. The molecule has 0 radical (unpaired) electrons. The van der Waals surface area contributed by atoms with Crippen LogP contribution in [0.4, 0.5) is 4.79 Å². The van der Waals surface area contributed by atoms with E-state index in [4.69, 9.17) is 23.7 Å². The highest BCUT2D eigenvalue weighted by Gasteiger charge is 2.72. The van der Waals surface area contributed by atoms with Gasteiger partial charge in [-0.25, -0.2) is 4.79 Å². The molecule has 0 aromatic carbocycles. The van der Waals surface area contributed by atoms with Crippen molar-refractivity contribution in [2.24, 2.45) is 11.3 Å². The van der Waals surface area contributed by atoms with Crippen LogP contribution in [0, 0.1) is 11.3 Å². The van der Waals surface area contributed by atoms with Gasteiger partial charge in [0.1, 0.15) is 23.4 Å². The molecule has 0 aromatic heterocycles. The Bertz CT molecular complexity index is 715. The van der Waals surface area contributed by atoms with Gasteiger partial charge in [-0.1, -0.05) is 11.6 Å². The van der Waals surface area contributed by atoms with Gasteiger partial charge in [0.15, 0.2) is 0 Å². The zero-order valence-corrected chi connectivity index (χ0v) is 18.6.